The first-order valence-electron chi connectivity index (χ1n) is 4.62. The number of ether oxygens (including phenoxy) is 1. The van der Waals surface area contributed by atoms with Crippen LogP contribution in [0.15, 0.2) is 6.07 Å². The van der Waals surface area contributed by atoms with Crippen molar-refractivity contribution in [3.8, 4) is 5.75 Å². The van der Waals surface area contributed by atoms with Crippen LogP contribution >= 0.6 is 11.6 Å². The minimum Gasteiger partial charge on any atom is -0.506 e. The summed E-state index contributed by atoms with van der Waals surface area (Å²) in [6, 6.07) is 0.965. The summed E-state index contributed by atoms with van der Waals surface area (Å²) in [5, 5.41) is 9.64. The van der Waals surface area contributed by atoms with Crippen LogP contribution in [0.4, 0.5) is 8.78 Å². The predicted molar refractivity (Wildman–Crippen MR) is 56.1 cm³/mol. The van der Waals surface area contributed by atoms with E-state index in [1.165, 1.54) is 0 Å². The number of halogens is 3. The van der Waals surface area contributed by atoms with Crippen molar-refractivity contribution in [2.24, 2.45) is 0 Å². The maximum Gasteiger partial charge on any atom is 0.310 e. The molecule has 1 aromatic heterocycles. The Bertz CT molecular complexity index is 426. The summed E-state index contributed by atoms with van der Waals surface area (Å²) >= 11 is 5.47. The molecule has 17 heavy (non-hydrogen) atoms. The standard InChI is InChI=1S/C10H10ClF2NO3/c1-17-8(15)3-5-2-6(10(12)13)14-7(4-11)9(5)16/h2,10,16H,3-4H2,1H3. The third kappa shape index (κ3) is 3.26. The number of nitrogens with zero attached hydrogens (tertiary/aromatic N) is 1. The minimum absolute atomic E-state index is 0.0257. The zero-order valence-electron chi connectivity index (χ0n) is 8.91. The molecule has 0 spiro atoms. The Balaban J connectivity index is 3.17. The van der Waals surface area contributed by atoms with Crippen LogP contribution in [0.5, 0.6) is 5.75 Å². The second kappa shape index (κ2) is 5.77. The van der Waals surface area contributed by atoms with Crippen LogP contribution in [0.3, 0.4) is 0 Å². The summed E-state index contributed by atoms with van der Waals surface area (Å²) in [7, 11) is 1.16. The zero-order chi connectivity index (χ0) is 13.0. The fraction of sp³-hybridized carbons (Fsp3) is 0.400. The van der Waals surface area contributed by atoms with Crippen molar-refractivity contribution >= 4 is 17.6 Å². The number of carbonyl (C=O) groups is 1. The molecule has 94 valence electrons. The Morgan fingerprint density at radius 1 is 1.65 bits per heavy atom. The van der Waals surface area contributed by atoms with E-state index < -0.39 is 18.1 Å². The van der Waals surface area contributed by atoms with Crippen molar-refractivity contribution in [2.75, 3.05) is 7.11 Å². The first kappa shape index (κ1) is 13.6. The maximum atomic E-state index is 12.5. The first-order valence-corrected chi connectivity index (χ1v) is 5.15. The molecular formula is C10H10ClF2NO3. The summed E-state index contributed by atoms with van der Waals surface area (Å²) in [4.78, 5) is 14.5. The maximum absolute atomic E-state index is 12.5. The van der Waals surface area contributed by atoms with Gasteiger partial charge >= 0.3 is 5.97 Å². The van der Waals surface area contributed by atoms with Gasteiger partial charge in [-0.25, -0.2) is 13.8 Å². The Morgan fingerprint density at radius 3 is 2.76 bits per heavy atom. The van der Waals surface area contributed by atoms with Gasteiger partial charge in [-0.1, -0.05) is 0 Å². The summed E-state index contributed by atoms with van der Waals surface area (Å²) < 4.78 is 29.4. The molecule has 0 radical (unpaired) electrons. The molecule has 1 rings (SSSR count). The lowest BCUT2D eigenvalue weighted by atomic mass is 10.1. The highest BCUT2D eigenvalue weighted by Gasteiger charge is 2.18. The van der Waals surface area contributed by atoms with Crippen LogP contribution in [0.2, 0.25) is 0 Å². The Morgan fingerprint density at radius 2 is 2.29 bits per heavy atom. The topological polar surface area (TPSA) is 59.4 Å². The van der Waals surface area contributed by atoms with Gasteiger partial charge in [-0.2, -0.15) is 0 Å². The molecule has 0 aliphatic rings. The number of aromatic hydroxyl groups is 1. The lowest BCUT2D eigenvalue weighted by Gasteiger charge is -2.09. The molecule has 0 aliphatic heterocycles. The molecule has 0 aliphatic carbocycles. The fourth-order valence-electron chi connectivity index (χ4n) is 1.24. The quantitative estimate of drug-likeness (QED) is 0.670. The second-order valence-corrected chi connectivity index (χ2v) is 3.46. The number of pyridine rings is 1. The SMILES string of the molecule is COC(=O)Cc1cc(C(F)F)nc(CCl)c1O. The number of hydrogen-bond acceptors (Lipinski definition) is 4. The van der Waals surface area contributed by atoms with E-state index in [1.54, 1.807) is 0 Å². The van der Waals surface area contributed by atoms with Gasteiger partial charge < -0.3 is 9.84 Å². The number of carbonyl (C=O) groups excluding carboxylic acids is 1. The van der Waals surface area contributed by atoms with Crippen molar-refractivity contribution in [1.29, 1.82) is 0 Å². The predicted octanol–water partition coefficient (Wildman–Crippen LogP) is 2.18. The van der Waals surface area contributed by atoms with Crippen LogP contribution in [0, 0.1) is 0 Å². The van der Waals surface area contributed by atoms with Gasteiger partial charge in [0.15, 0.2) is 0 Å². The molecule has 1 N–H and O–H groups in total. The molecule has 4 nitrogen and oxygen atoms in total. The van der Waals surface area contributed by atoms with Crippen molar-refractivity contribution in [1.82, 2.24) is 4.98 Å². The van der Waals surface area contributed by atoms with Gasteiger partial charge in [0, 0.05) is 5.56 Å². The largest absolute Gasteiger partial charge is 0.506 e. The smallest absolute Gasteiger partial charge is 0.310 e. The fourth-order valence-corrected chi connectivity index (χ4v) is 1.43. The van der Waals surface area contributed by atoms with E-state index in [9.17, 15) is 18.7 Å². The number of hydrogen-bond donors (Lipinski definition) is 1. The van der Waals surface area contributed by atoms with E-state index in [0.717, 1.165) is 13.2 Å². The zero-order valence-corrected chi connectivity index (χ0v) is 9.67. The molecule has 0 bridgehead atoms. The van der Waals surface area contributed by atoms with Crippen LogP contribution in [-0.4, -0.2) is 23.2 Å². The van der Waals surface area contributed by atoms with E-state index in [-0.39, 0.29) is 29.3 Å². The van der Waals surface area contributed by atoms with Crippen molar-refractivity contribution in [3.05, 3.63) is 23.0 Å². The van der Waals surface area contributed by atoms with Gasteiger partial charge in [-0.05, 0) is 6.07 Å². The number of rotatable bonds is 4. The third-order valence-corrected chi connectivity index (χ3v) is 2.33. The Labute approximate surface area is 101 Å². The van der Waals surface area contributed by atoms with E-state index in [1.807, 2.05) is 0 Å². The van der Waals surface area contributed by atoms with Gasteiger partial charge in [0.05, 0.1) is 25.1 Å². The molecule has 7 heteroatoms. The van der Waals surface area contributed by atoms with Crippen molar-refractivity contribution in [3.63, 3.8) is 0 Å². The Hall–Kier alpha value is -1.43. The second-order valence-electron chi connectivity index (χ2n) is 3.19. The average Bonchev–Trinajstić information content (AvgIpc) is 2.31. The highest BCUT2D eigenvalue weighted by molar-refractivity contribution is 6.17. The molecule has 0 saturated carbocycles. The van der Waals surface area contributed by atoms with Gasteiger partial charge in [0.2, 0.25) is 0 Å². The molecule has 0 aromatic carbocycles. The first-order chi connectivity index (χ1) is 7.99. The molecule has 0 saturated heterocycles. The number of alkyl halides is 3. The van der Waals surface area contributed by atoms with E-state index in [2.05, 4.69) is 9.72 Å². The monoisotopic (exact) mass is 265 g/mol. The molecule has 0 atom stereocenters. The highest BCUT2D eigenvalue weighted by atomic mass is 35.5. The van der Waals surface area contributed by atoms with E-state index in [4.69, 9.17) is 11.6 Å². The molecule has 0 unspecified atom stereocenters. The molecule has 1 aromatic rings. The van der Waals surface area contributed by atoms with Gasteiger partial charge in [-0.3, -0.25) is 4.79 Å². The molecular weight excluding hydrogens is 256 g/mol. The minimum atomic E-state index is -2.80. The van der Waals surface area contributed by atoms with Crippen LogP contribution < -0.4 is 0 Å². The van der Waals surface area contributed by atoms with Crippen molar-refractivity contribution < 1.29 is 23.4 Å². The van der Waals surface area contributed by atoms with E-state index >= 15 is 0 Å². The van der Waals surface area contributed by atoms with Crippen LogP contribution in [-0.2, 0) is 21.8 Å². The normalized spacial score (nSPS) is 10.6. The number of esters is 1. The van der Waals surface area contributed by atoms with Crippen molar-refractivity contribution in [2.45, 2.75) is 18.7 Å². The molecule has 0 amide bonds. The molecule has 1 heterocycles. The van der Waals surface area contributed by atoms with Gasteiger partial charge in [0.1, 0.15) is 11.4 Å². The summed E-state index contributed by atoms with van der Waals surface area (Å²) in [6.45, 7) is 0. The summed E-state index contributed by atoms with van der Waals surface area (Å²) in [5.74, 6) is -1.22. The number of methoxy groups -OCH3 is 1. The third-order valence-electron chi connectivity index (χ3n) is 2.08. The van der Waals surface area contributed by atoms with E-state index in [0.29, 0.717) is 0 Å². The lowest BCUT2D eigenvalue weighted by Crippen LogP contribution is -2.07. The highest BCUT2D eigenvalue weighted by Crippen LogP contribution is 2.28. The Kier molecular flexibility index (Phi) is 4.62. The number of aromatic nitrogens is 1. The summed E-state index contributed by atoms with van der Waals surface area (Å²) in [5.41, 5.74) is -0.585. The van der Waals surface area contributed by atoms with Gasteiger partial charge in [0.25, 0.3) is 6.43 Å². The van der Waals surface area contributed by atoms with Crippen LogP contribution in [0.25, 0.3) is 0 Å². The van der Waals surface area contributed by atoms with Crippen LogP contribution in [0.1, 0.15) is 23.4 Å². The summed E-state index contributed by atoms with van der Waals surface area (Å²) in [6.07, 6.45) is -3.11. The average molecular weight is 266 g/mol. The van der Waals surface area contributed by atoms with Gasteiger partial charge in [-0.15, -0.1) is 11.6 Å². The molecule has 0 fully saturated rings. The lowest BCUT2D eigenvalue weighted by molar-refractivity contribution is -0.139.